The Balaban J connectivity index is 0. The molecular weight excluding hydrogens is 192 g/mol. The van der Waals surface area contributed by atoms with Crippen molar-refractivity contribution in [2.75, 3.05) is 0 Å². The normalized spacial score (nSPS) is 9.19. The van der Waals surface area contributed by atoms with Crippen LogP contribution in [-0.4, -0.2) is 0 Å². The molecule has 0 heterocycles. The summed E-state index contributed by atoms with van der Waals surface area (Å²) in [6.07, 6.45) is 13.6. The predicted octanol–water partition coefficient (Wildman–Crippen LogP) is 6.29. The van der Waals surface area contributed by atoms with E-state index in [2.05, 4.69) is 33.9 Å². The average molecular weight is 224 g/mol. The molecule has 0 fully saturated rings. The van der Waals surface area contributed by atoms with Crippen LogP contribution in [0.5, 0.6) is 0 Å². The number of hydrogen-bond donors (Lipinski definition) is 0. The van der Waals surface area contributed by atoms with Gasteiger partial charge >= 0.3 is 0 Å². The highest BCUT2D eigenvalue weighted by molar-refractivity contribution is 4.91. The van der Waals surface area contributed by atoms with E-state index in [4.69, 9.17) is 0 Å². The van der Waals surface area contributed by atoms with E-state index < -0.39 is 0 Å². The van der Waals surface area contributed by atoms with Crippen molar-refractivity contribution < 1.29 is 0 Å². The van der Waals surface area contributed by atoms with Crippen LogP contribution in [0.25, 0.3) is 0 Å². The largest absolute Gasteiger partial charge is 0.103 e. The quantitative estimate of drug-likeness (QED) is 0.319. The van der Waals surface area contributed by atoms with Crippen molar-refractivity contribution in [3.05, 3.63) is 24.8 Å². The molecule has 96 valence electrons. The summed E-state index contributed by atoms with van der Waals surface area (Å²) in [6.45, 7) is 14.2. The van der Waals surface area contributed by atoms with Gasteiger partial charge in [-0.2, -0.15) is 0 Å². The minimum Gasteiger partial charge on any atom is -0.103 e. The van der Waals surface area contributed by atoms with Crippen molar-refractivity contribution >= 4 is 0 Å². The first-order chi connectivity index (χ1) is 7.72. The number of unbranched alkanes of at least 4 members (excludes halogenated alkanes) is 5. The Morgan fingerprint density at radius 2 is 1.56 bits per heavy atom. The summed E-state index contributed by atoms with van der Waals surface area (Å²) in [7, 11) is 0. The summed E-state index contributed by atoms with van der Waals surface area (Å²) in [5.41, 5.74) is 1.40. The molecule has 0 nitrogen and oxygen atoms in total. The molecule has 0 unspecified atom stereocenters. The van der Waals surface area contributed by atoms with Crippen molar-refractivity contribution in [3.8, 4) is 0 Å². The predicted molar refractivity (Wildman–Crippen MR) is 77.9 cm³/mol. The van der Waals surface area contributed by atoms with E-state index in [0.29, 0.717) is 0 Å². The molecular formula is C16H32. The van der Waals surface area contributed by atoms with Crippen molar-refractivity contribution in [3.63, 3.8) is 0 Å². The number of allylic oxidation sites excluding steroid dienone is 2. The maximum Gasteiger partial charge on any atom is -0.0323 e. The van der Waals surface area contributed by atoms with E-state index >= 15 is 0 Å². The summed E-state index contributed by atoms with van der Waals surface area (Å²) in [4.78, 5) is 0. The Hall–Kier alpha value is -0.520. The summed E-state index contributed by atoms with van der Waals surface area (Å²) in [5.74, 6) is 0. The van der Waals surface area contributed by atoms with Crippen LogP contribution in [0.1, 0.15) is 78.6 Å². The molecule has 0 aliphatic carbocycles. The highest BCUT2D eigenvalue weighted by atomic mass is 13.9. The molecule has 0 heteroatoms. The van der Waals surface area contributed by atoms with E-state index in [1.54, 1.807) is 0 Å². The number of rotatable bonds is 9. The van der Waals surface area contributed by atoms with Crippen LogP contribution in [0.3, 0.4) is 0 Å². The van der Waals surface area contributed by atoms with E-state index in [1.807, 2.05) is 6.08 Å². The zero-order chi connectivity index (χ0) is 12.6. The Morgan fingerprint density at radius 1 is 0.938 bits per heavy atom. The van der Waals surface area contributed by atoms with Gasteiger partial charge in [0.1, 0.15) is 0 Å². The molecule has 0 aliphatic heterocycles. The van der Waals surface area contributed by atoms with Crippen molar-refractivity contribution in [1.29, 1.82) is 0 Å². The van der Waals surface area contributed by atoms with Gasteiger partial charge in [0, 0.05) is 0 Å². The van der Waals surface area contributed by atoms with Gasteiger partial charge in [0.25, 0.3) is 0 Å². The molecule has 0 spiro atoms. The van der Waals surface area contributed by atoms with E-state index in [9.17, 15) is 0 Å². The summed E-state index contributed by atoms with van der Waals surface area (Å²) in [6, 6.07) is 0. The summed E-state index contributed by atoms with van der Waals surface area (Å²) in [5, 5.41) is 0. The first kappa shape index (κ1) is 17.9. The average Bonchev–Trinajstić information content (AvgIpc) is 2.32. The standard InChI is InChI=1S/2C8H16/c1-4-6-7-8(3)5-2;1-3-5-7-8-6-4-2/h3-7H2,1-2H3;3H,1,4-8H2,2H3. The fourth-order valence-corrected chi connectivity index (χ4v) is 1.32. The van der Waals surface area contributed by atoms with Crippen LogP contribution in [0.15, 0.2) is 24.8 Å². The van der Waals surface area contributed by atoms with Crippen LogP contribution >= 0.6 is 0 Å². The highest BCUT2D eigenvalue weighted by Gasteiger charge is 1.86. The number of hydrogen-bond acceptors (Lipinski definition) is 0. The lowest BCUT2D eigenvalue weighted by Gasteiger charge is -1.97. The lowest BCUT2D eigenvalue weighted by atomic mass is 10.1. The summed E-state index contributed by atoms with van der Waals surface area (Å²) >= 11 is 0. The Morgan fingerprint density at radius 3 is 2.00 bits per heavy atom. The maximum absolute atomic E-state index is 3.91. The first-order valence-electron chi connectivity index (χ1n) is 7.00. The van der Waals surface area contributed by atoms with Gasteiger partial charge in [0.2, 0.25) is 0 Å². The third-order valence-corrected chi connectivity index (χ3v) is 2.65. The van der Waals surface area contributed by atoms with E-state index in [0.717, 1.165) is 6.42 Å². The Kier molecular flexibility index (Phi) is 18.9. The zero-order valence-electron chi connectivity index (χ0n) is 11.9. The topological polar surface area (TPSA) is 0 Å². The fourth-order valence-electron chi connectivity index (χ4n) is 1.32. The molecule has 0 atom stereocenters. The van der Waals surface area contributed by atoms with Gasteiger partial charge in [0.05, 0.1) is 0 Å². The van der Waals surface area contributed by atoms with Gasteiger partial charge in [-0.25, -0.2) is 0 Å². The highest BCUT2D eigenvalue weighted by Crippen LogP contribution is 2.06. The fraction of sp³-hybridized carbons (Fsp3) is 0.750. The van der Waals surface area contributed by atoms with E-state index in [-0.39, 0.29) is 0 Å². The molecule has 0 aromatic rings. The minimum absolute atomic E-state index is 1.15. The maximum atomic E-state index is 3.91. The molecule has 0 N–H and O–H groups in total. The van der Waals surface area contributed by atoms with Crippen molar-refractivity contribution in [1.82, 2.24) is 0 Å². The second-order valence-corrected chi connectivity index (χ2v) is 4.35. The van der Waals surface area contributed by atoms with Gasteiger partial charge in [-0.05, 0) is 32.1 Å². The van der Waals surface area contributed by atoms with Crippen LogP contribution in [-0.2, 0) is 0 Å². The Labute approximate surface area is 104 Å². The zero-order valence-corrected chi connectivity index (χ0v) is 11.9. The van der Waals surface area contributed by atoms with Crippen LogP contribution in [0, 0.1) is 0 Å². The SMILES string of the molecule is C=C(CC)CCCC.C=CCCCCCC. The van der Waals surface area contributed by atoms with Crippen molar-refractivity contribution in [2.24, 2.45) is 0 Å². The molecule has 0 radical (unpaired) electrons. The second-order valence-electron chi connectivity index (χ2n) is 4.35. The molecule has 0 saturated heterocycles. The molecule has 0 saturated carbocycles. The molecule has 0 rings (SSSR count). The molecule has 0 aliphatic rings. The van der Waals surface area contributed by atoms with Gasteiger partial charge in [-0.15, -0.1) is 6.58 Å². The van der Waals surface area contributed by atoms with Gasteiger partial charge in [-0.1, -0.05) is 64.7 Å². The molecule has 0 aromatic carbocycles. The monoisotopic (exact) mass is 224 g/mol. The minimum atomic E-state index is 1.15. The third-order valence-electron chi connectivity index (χ3n) is 2.65. The van der Waals surface area contributed by atoms with Crippen LogP contribution in [0.2, 0.25) is 0 Å². The van der Waals surface area contributed by atoms with Crippen LogP contribution in [0.4, 0.5) is 0 Å². The van der Waals surface area contributed by atoms with Crippen molar-refractivity contribution in [2.45, 2.75) is 78.6 Å². The molecule has 0 aromatic heterocycles. The second kappa shape index (κ2) is 16.9. The molecule has 0 bridgehead atoms. The lowest BCUT2D eigenvalue weighted by Crippen LogP contribution is -1.76. The Bertz CT molecular complexity index is 144. The van der Waals surface area contributed by atoms with Gasteiger partial charge in [-0.3, -0.25) is 0 Å². The van der Waals surface area contributed by atoms with Crippen LogP contribution < -0.4 is 0 Å². The molecule has 16 heavy (non-hydrogen) atoms. The van der Waals surface area contributed by atoms with Gasteiger partial charge < -0.3 is 0 Å². The smallest absolute Gasteiger partial charge is 0.0323 e. The van der Waals surface area contributed by atoms with E-state index in [1.165, 1.54) is 56.9 Å². The third kappa shape index (κ3) is 19.1. The lowest BCUT2D eigenvalue weighted by molar-refractivity contribution is 0.675. The summed E-state index contributed by atoms with van der Waals surface area (Å²) < 4.78 is 0. The first-order valence-corrected chi connectivity index (χ1v) is 7.00. The van der Waals surface area contributed by atoms with Gasteiger partial charge in [0.15, 0.2) is 0 Å². The molecule has 0 amide bonds.